The molecule has 2 aliphatic carbocycles. The predicted octanol–water partition coefficient (Wildman–Crippen LogP) is 4.67. The third-order valence-electron chi connectivity index (χ3n) is 6.29. The number of sulfonamides is 1. The second-order valence-electron chi connectivity index (χ2n) is 8.89. The Bertz CT molecular complexity index is 1250. The molecular formula is C25H29N5O2S. The molecule has 2 aromatic carbocycles. The van der Waals surface area contributed by atoms with Crippen molar-refractivity contribution < 1.29 is 8.42 Å². The van der Waals surface area contributed by atoms with Gasteiger partial charge in [-0.15, -0.1) is 0 Å². The lowest BCUT2D eigenvalue weighted by Crippen LogP contribution is -2.30. The number of rotatable bonds is 8. The zero-order chi connectivity index (χ0) is 22.7. The Balaban J connectivity index is 1.17. The highest BCUT2D eigenvalue weighted by atomic mass is 32.2. The summed E-state index contributed by atoms with van der Waals surface area (Å²) in [7, 11) is -3.45. The largest absolute Gasteiger partial charge is 0.367 e. The van der Waals surface area contributed by atoms with Gasteiger partial charge in [-0.05, 0) is 68.7 Å². The summed E-state index contributed by atoms with van der Waals surface area (Å²) in [5, 5.41) is 7.85. The van der Waals surface area contributed by atoms with Gasteiger partial charge in [0.25, 0.3) is 0 Å². The first-order chi connectivity index (χ1) is 16.1. The second-order valence-corrected chi connectivity index (χ2v) is 10.7. The summed E-state index contributed by atoms with van der Waals surface area (Å²) in [5.41, 5.74) is 2.23. The molecule has 0 amide bonds. The van der Waals surface area contributed by atoms with E-state index < -0.39 is 10.0 Å². The number of hydrogen-bond acceptors (Lipinski definition) is 6. The first-order valence-corrected chi connectivity index (χ1v) is 13.1. The molecule has 0 atom stereocenters. The fraction of sp³-hybridized carbons (Fsp3) is 0.360. The molecule has 7 nitrogen and oxygen atoms in total. The highest BCUT2D eigenvalue weighted by Gasteiger charge is 2.23. The van der Waals surface area contributed by atoms with Crippen LogP contribution in [0.1, 0.15) is 38.5 Å². The smallest absolute Gasteiger partial charge is 0.240 e. The number of fused-ring (bicyclic) bond motifs is 1. The van der Waals surface area contributed by atoms with Crippen molar-refractivity contribution in [3.05, 3.63) is 66.4 Å². The van der Waals surface area contributed by atoms with Gasteiger partial charge in [0.15, 0.2) is 0 Å². The molecule has 8 heteroatoms. The van der Waals surface area contributed by atoms with Gasteiger partial charge in [-0.3, -0.25) is 0 Å². The van der Waals surface area contributed by atoms with Gasteiger partial charge >= 0.3 is 0 Å². The Kier molecular flexibility index (Phi) is 6.28. The summed E-state index contributed by atoms with van der Waals surface area (Å²) in [6.07, 6.45) is 8.18. The number of benzene rings is 2. The van der Waals surface area contributed by atoms with Crippen molar-refractivity contribution >= 4 is 32.7 Å². The molecule has 0 aliphatic heterocycles. The fourth-order valence-electron chi connectivity index (χ4n) is 4.15. The predicted molar refractivity (Wildman–Crippen MR) is 131 cm³/mol. The van der Waals surface area contributed by atoms with Gasteiger partial charge in [-0.1, -0.05) is 35.9 Å². The molecule has 0 spiro atoms. The number of aromatic nitrogens is 2. The Morgan fingerprint density at radius 3 is 2.39 bits per heavy atom. The van der Waals surface area contributed by atoms with E-state index in [1.807, 2.05) is 30.5 Å². The maximum Gasteiger partial charge on any atom is 0.240 e. The number of hydrogen-bond donors (Lipinski definition) is 3. The van der Waals surface area contributed by atoms with Gasteiger partial charge < -0.3 is 10.6 Å². The van der Waals surface area contributed by atoms with Gasteiger partial charge in [0.2, 0.25) is 16.0 Å². The third kappa shape index (κ3) is 5.51. The SMILES string of the molecule is O=S(=O)(NCC1CCC(=CNc2nc(NC3CC3)c3ccccc3n2)CC1)c1ccccc1. The summed E-state index contributed by atoms with van der Waals surface area (Å²) in [5.74, 6) is 1.83. The van der Waals surface area contributed by atoms with Crippen LogP contribution in [0.2, 0.25) is 0 Å². The van der Waals surface area contributed by atoms with Gasteiger partial charge in [0, 0.05) is 24.2 Å². The van der Waals surface area contributed by atoms with Crippen LogP contribution in [-0.4, -0.2) is 31.0 Å². The average Bonchev–Trinajstić information content (AvgIpc) is 3.67. The normalized spacial score (nSPS) is 18.8. The average molecular weight is 464 g/mol. The molecule has 0 bridgehead atoms. The Hall–Kier alpha value is -2.97. The molecule has 0 saturated heterocycles. The van der Waals surface area contributed by atoms with Crippen molar-refractivity contribution in [3.8, 4) is 0 Å². The van der Waals surface area contributed by atoms with E-state index in [2.05, 4.69) is 26.4 Å². The fourth-order valence-corrected chi connectivity index (χ4v) is 5.28. The maximum atomic E-state index is 12.4. The lowest BCUT2D eigenvalue weighted by molar-refractivity contribution is 0.404. The molecule has 2 saturated carbocycles. The minimum absolute atomic E-state index is 0.316. The zero-order valence-corrected chi connectivity index (χ0v) is 19.3. The van der Waals surface area contributed by atoms with Crippen LogP contribution in [0.15, 0.2) is 71.3 Å². The minimum atomic E-state index is -3.45. The van der Waals surface area contributed by atoms with E-state index in [0.29, 0.717) is 29.3 Å². The maximum absolute atomic E-state index is 12.4. The summed E-state index contributed by atoms with van der Waals surface area (Å²) in [4.78, 5) is 9.69. The van der Waals surface area contributed by atoms with Crippen LogP contribution in [0.3, 0.4) is 0 Å². The topological polar surface area (TPSA) is 96.0 Å². The van der Waals surface area contributed by atoms with Crippen LogP contribution < -0.4 is 15.4 Å². The number of nitrogens with zero attached hydrogens (tertiary/aromatic N) is 2. The van der Waals surface area contributed by atoms with Crippen LogP contribution in [0.4, 0.5) is 11.8 Å². The highest BCUT2D eigenvalue weighted by Crippen LogP contribution is 2.30. The molecule has 1 heterocycles. The summed E-state index contributed by atoms with van der Waals surface area (Å²) < 4.78 is 27.6. The van der Waals surface area contributed by atoms with E-state index in [-0.39, 0.29) is 0 Å². The number of para-hydroxylation sites is 1. The summed E-state index contributed by atoms with van der Waals surface area (Å²) in [6.45, 7) is 0.474. The first kappa shape index (κ1) is 21.9. The van der Waals surface area contributed by atoms with Crippen molar-refractivity contribution in [2.24, 2.45) is 5.92 Å². The number of allylic oxidation sites excluding steroid dienone is 1. The molecular weight excluding hydrogens is 434 g/mol. The molecule has 3 aromatic rings. The Morgan fingerprint density at radius 2 is 1.64 bits per heavy atom. The van der Waals surface area contributed by atoms with E-state index in [9.17, 15) is 8.42 Å². The summed E-state index contributed by atoms with van der Waals surface area (Å²) >= 11 is 0. The monoisotopic (exact) mass is 463 g/mol. The lowest BCUT2D eigenvalue weighted by atomic mass is 9.86. The van der Waals surface area contributed by atoms with E-state index in [1.54, 1.807) is 24.3 Å². The molecule has 172 valence electrons. The highest BCUT2D eigenvalue weighted by molar-refractivity contribution is 7.89. The molecule has 33 heavy (non-hydrogen) atoms. The van der Waals surface area contributed by atoms with Gasteiger partial charge in [-0.2, -0.15) is 4.98 Å². The quantitative estimate of drug-likeness (QED) is 0.449. The van der Waals surface area contributed by atoms with Crippen molar-refractivity contribution in [2.45, 2.75) is 49.5 Å². The minimum Gasteiger partial charge on any atom is -0.367 e. The molecule has 3 N–H and O–H groups in total. The van der Waals surface area contributed by atoms with Crippen LogP contribution in [0.5, 0.6) is 0 Å². The van der Waals surface area contributed by atoms with E-state index >= 15 is 0 Å². The molecule has 0 unspecified atom stereocenters. The summed E-state index contributed by atoms with van der Waals surface area (Å²) in [6, 6.07) is 17.1. The third-order valence-corrected chi connectivity index (χ3v) is 7.73. The van der Waals surface area contributed by atoms with Gasteiger partial charge in [-0.25, -0.2) is 18.1 Å². The van der Waals surface area contributed by atoms with Crippen molar-refractivity contribution in [2.75, 3.05) is 17.2 Å². The molecule has 5 rings (SSSR count). The van der Waals surface area contributed by atoms with Crippen LogP contribution >= 0.6 is 0 Å². The van der Waals surface area contributed by atoms with E-state index in [0.717, 1.165) is 42.4 Å². The van der Waals surface area contributed by atoms with Gasteiger partial charge in [0.05, 0.1) is 10.4 Å². The van der Waals surface area contributed by atoms with Crippen molar-refractivity contribution in [3.63, 3.8) is 0 Å². The Labute approximate surface area is 194 Å². The van der Waals surface area contributed by atoms with Crippen LogP contribution in [-0.2, 0) is 10.0 Å². The Morgan fingerprint density at radius 1 is 0.909 bits per heavy atom. The van der Waals surface area contributed by atoms with Crippen molar-refractivity contribution in [1.82, 2.24) is 14.7 Å². The second kappa shape index (κ2) is 9.49. The molecule has 1 aromatic heterocycles. The lowest BCUT2D eigenvalue weighted by Gasteiger charge is -2.24. The first-order valence-electron chi connectivity index (χ1n) is 11.6. The molecule has 0 radical (unpaired) electrons. The van der Waals surface area contributed by atoms with Crippen LogP contribution in [0.25, 0.3) is 10.9 Å². The number of anilines is 2. The van der Waals surface area contributed by atoms with E-state index in [1.165, 1.54) is 18.4 Å². The van der Waals surface area contributed by atoms with Crippen molar-refractivity contribution in [1.29, 1.82) is 0 Å². The molecule has 2 aliphatic rings. The van der Waals surface area contributed by atoms with Crippen LogP contribution in [0, 0.1) is 5.92 Å². The number of nitrogens with one attached hydrogen (secondary N) is 3. The van der Waals surface area contributed by atoms with E-state index in [4.69, 9.17) is 4.98 Å². The molecule has 2 fully saturated rings. The van der Waals surface area contributed by atoms with Gasteiger partial charge in [0.1, 0.15) is 5.82 Å². The standard InChI is InChI=1S/C25H29N5O2S/c31-33(32,21-6-2-1-3-7-21)27-17-19-12-10-18(11-13-19)16-26-25-29-23-9-5-4-8-22(23)24(30-25)28-20-14-15-20/h1-9,16,19-20,27H,10-15,17H2,(H2,26,28,29,30). The zero-order valence-electron chi connectivity index (χ0n) is 18.5.